The van der Waals surface area contributed by atoms with Gasteiger partial charge in [0.25, 0.3) is 5.91 Å². The van der Waals surface area contributed by atoms with Gasteiger partial charge in [-0.25, -0.2) is 13.8 Å². The standard InChI is InChI=1S/C23H21FN6O5/c1-15-3-6-21(16(2)9-15)34-14-29-12-18(11-25-29)26-23(31)19-7-8-28(27-19)13-35-22-10-17(24)4-5-20(22)30(32)33/h3-12H,13-14H2,1-2H3,(H,26,31). The lowest BCUT2D eigenvalue weighted by Gasteiger charge is -2.09. The Labute approximate surface area is 198 Å². The first-order valence-electron chi connectivity index (χ1n) is 10.4. The molecule has 0 saturated carbocycles. The van der Waals surface area contributed by atoms with E-state index in [1.54, 1.807) is 6.20 Å². The Morgan fingerprint density at radius 2 is 1.86 bits per heavy atom. The van der Waals surface area contributed by atoms with Crippen LogP contribution in [-0.2, 0) is 13.5 Å². The highest BCUT2D eigenvalue weighted by atomic mass is 19.1. The number of aromatic nitrogens is 4. The van der Waals surface area contributed by atoms with Crippen LogP contribution in [0, 0.1) is 29.8 Å². The number of aryl methyl sites for hydroxylation is 2. The SMILES string of the molecule is Cc1ccc(OCn2cc(NC(=O)c3ccn(COc4cc(F)ccc4[N+](=O)[O-])n3)cn2)c(C)c1. The summed E-state index contributed by atoms with van der Waals surface area (Å²) in [5.74, 6) is -0.665. The summed E-state index contributed by atoms with van der Waals surface area (Å²) in [6.45, 7) is 3.87. The van der Waals surface area contributed by atoms with Crippen molar-refractivity contribution in [2.24, 2.45) is 0 Å². The van der Waals surface area contributed by atoms with Gasteiger partial charge in [-0.15, -0.1) is 0 Å². The smallest absolute Gasteiger partial charge is 0.311 e. The zero-order chi connectivity index (χ0) is 24.9. The zero-order valence-corrected chi connectivity index (χ0v) is 18.8. The number of nitrogens with one attached hydrogen (secondary N) is 1. The molecule has 0 atom stereocenters. The molecule has 0 unspecified atom stereocenters. The maximum Gasteiger partial charge on any atom is 0.311 e. The first-order chi connectivity index (χ1) is 16.8. The minimum absolute atomic E-state index is 0.0848. The topological polar surface area (TPSA) is 126 Å². The second-order valence-corrected chi connectivity index (χ2v) is 7.65. The third-order valence-electron chi connectivity index (χ3n) is 4.92. The van der Waals surface area contributed by atoms with Crippen molar-refractivity contribution < 1.29 is 23.6 Å². The molecule has 0 bridgehead atoms. The number of nitro benzene ring substituents is 1. The lowest BCUT2D eigenvalue weighted by molar-refractivity contribution is -0.386. The van der Waals surface area contributed by atoms with Crippen molar-refractivity contribution in [3.8, 4) is 11.5 Å². The number of rotatable bonds is 9. The second kappa shape index (κ2) is 10.0. The van der Waals surface area contributed by atoms with Crippen LogP contribution in [0.4, 0.5) is 15.8 Å². The molecule has 1 amide bonds. The number of nitrogens with zero attached hydrogens (tertiary/aromatic N) is 5. The quantitative estimate of drug-likeness (QED) is 0.283. The van der Waals surface area contributed by atoms with Crippen LogP contribution < -0.4 is 14.8 Å². The molecule has 4 aromatic rings. The summed E-state index contributed by atoms with van der Waals surface area (Å²) in [6.07, 6.45) is 4.55. The van der Waals surface area contributed by atoms with E-state index in [4.69, 9.17) is 9.47 Å². The number of amides is 1. The Kier molecular flexibility index (Phi) is 6.71. The summed E-state index contributed by atoms with van der Waals surface area (Å²) in [4.78, 5) is 22.9. The zero-order valence-electron chi connectivity index (χ0n) is 18.8. The molecule has 11 nitrogen and oxygen atoms in total. The minimum atomic E-state index is -0.677. The summed E-state index contributed by atoms with van der Waals surface area (Å²) in [7, 11) is 0. The molecule has 2 aromatic heterocycles. The number of benzene rings is 2. The number of carbonyl (C=O) groups excluding carboxylic acids is 1. The van der Waals surface area contributed by atoms with Gasteiger partial charge in [-0.2, -0.15) is 10.2 Å². The number of halogens is 1. The molecule has 0 aliphatic heterocycles. The van der Waals surface area contributed by atoms with E-state index in [1.807, 2.05) is 32.0 Å². The van der Waals surface area contributed by atoms with Crippen LogP contribution in [0.25, 0.3) is 0 Å². The number of hydrogen-bond donors (Lipinski definition) is 1. The maximum atomic E-state index is 13.4. The van der Waals surface area contributed by atoms with Crippen molar-refractivity contribution in [3.63, 3.8) is 0 Å². The van der Waals surface area contributed by atoms with Crippen molar-refractivity contribution >= 4 is 17.3 Å². The molecule has 0 radical (unpaired) electrons. The summed E-state index contributed by atoms with van der Waals surface area (Å²) >= 11 is 0. The van der Waals surface area contributed by atoms with E-state index in [1.165, 1.54) is 27.8 Å². The molecule has 35 heavy (non-hydrogen) atoms. The van der Waals surface area contributed by atoms with Gasteiger partial charge in [0.05, 0.1) is 23.0 Å². The molecule has 0 saturated heterocycles. The molecule has 0 aliphatic carbocycles. The van der Waals surface area contributed by atoms with E-state index in [0.717, 1.165) is 35.1 Å². The lowest BCUT2D eigenvalue weighted by atomic mass is 10.1. The van der Waals surface area contributed by atoms with Gasteiger partial charge >= 0.3 is 5.69 Å². The van der Waals surface area contributed by atoms with Crippen LogP contribution >= 0.6 is 0 Å². The van der Waals surface area contributed by atoms with Gasteiger partial charge in [0.2, 0.25) is 5.75 Å². The molecule has 180 valence electrons. The average molecular weight is 480 g/mol. The predicted octanol–water partition coefficient (Wildman–Crippen LogP) is 4.07. The van der Waals surface area contributed by atoms with Crippen molar-refractivity contribution in [2.45, 2.75) is 27.3 Å². The molecule has 1 N–H and O–H groups in total. The molecule has 4 rings (SSSR count). The highest BCUT2D eigenvalue weighted by Crippen LogP contribution is 2.27. The number of ether oxygens (including phenoxy) is 2. The van der Waals surface area contributed by atoms with E-state index >= 15 is 0 Å². The Morgan fingerprint density at radius 3 is 2.63 bits per heavy atom. The number of carbonyl (C=O) groups is 1. The normalized spacial score (nSPS) is 10.7. The van der Waals surface area contributed by atoms with Gasteiger partial charge in [0, 0.05) is 18.3 Å². The van der Waals surface area contributed by atoms with E-state index < -0.39 is 16.6 Å². The highest BCUT2D eigenvalue weighted by molar-refractivity contribution is 6.02. The van der Waals surface area contributed by atoms with Gasteiger partial charge in [-0.05, 0) is 37.6 Å². The van der Waals surface area contributed by atoms with Crippen molar-refractivity contribution in [2.75, 3.05) is 5.32 Å². The van der Waals surface area contributed by atoms with Gasteiger partial charge < -0.3 is 14.8 Å². The van der Waals surface area contributed by atoms with Crippen LogP contribution in [-0.4, -0.2) is 30.4 Å². The third kappa shape index (κ3) is 5.79. The van der Waals surface area contributed by atoms with E-state index in [9.17, 15) is 19.3 Å². The van der Waals surface area contributed by atoms with Gasteiger partial charge in [0.1, 0.15) is 11.6 Å². The van der Waals surface area contributed by atoms with Crippen molar-refractivity contribution in [1.82, 2.24) is 19.6 Å². The Bertz CT molecular complexity index is 1380. The first-order valence-corrected chi connectivity index (χ1v) is 10.4. The van der Waals surface area contributed by atoms with Gasteiger partial charge in [-0.3, -0.25) is 14.9 Å². The van der Waals surface area contributed by atoms with Crippen LogP contribution in [0.3, 0.4) is 0 Å². The Morgan fingerprint density at radius 1 is 1.09 bits per heavy atom. The number of anilines is 1. The summed E-state index contributed by atoms with van der Waals surface area (Å²) in [6, 6.07) is 10.2. The Hall–Kier alpha value is -4.74. The van der Waals surface area contributed by atoms with Gasteiger partial charge in [-0.1, -0.05) is 17.7 Å². The summed E-state index contributed by atoms with van der Waals surface area (Å²) < 4.78 is 27.3. The first kappa shape index (κ1) is 23.4. The van der Waals surface area contributed by atoms with Crippen LogP contribution in [0.2, 0.25) is 0 Å². The van der Waals surface area contributed by atoms with E-state index in [0.29, 0.717) is 5.69 Å². The molecule has 2 aromatic carbocycles. The molecular weight excluding hydrogens is 459 g/mol. The average Bonchev–Trinajstić information content (AvgIpc) is 3.46. The molecule has 12 heteroatoms. The van der Waals surface area contributed by atoms with E-state index in [-0.39, 0.29) is 30.6 Å². The van der Waals surface area contributed by atoms with Crippen LogP contribution in [0.5, 0.6) is 11.5 Å². The summed E-state index contributed by atoms with van der Waals surface area (Å²) in [5.41, 5.74) is 2.30. The van der Waals surface area contributed by atoms with E-state index in [2.05, 4.69) is 15.5 Å². The number of hydrogen-bond acceptors (Lipinski definition) is 7. The Balaban J connectivity index is 1.33. The van der Waals surface area contributed by atoms with Crippen molar-refractivity contribution in [3.05, 3.63) is 93.8 Å². The number of nitro groups is 1. The fourth-order valence-electron chi connectivity index (χ4n) is 3.24. The largest absolute Gasteiger partial charge is 0.471 e. The van der Waals surface area contributed by atoms with Crippen LogP contribution in [0.15, 0.2) is 61.1 Å². The minimum Gasteiger partial charge on any atom is -0.471 e. The van der Waals surface area contributed by atoms with Crippen LogP contribution in [0.1, 0.15) is 21.6 Å². The van der Waals surface area contributed by atoms with Crippen molar-refractivity contribution in [1.29, 1.82) is 0 Å². The third-order valence-corrected chi connectivity index (χ3v) is 4.92. The maximum absolute atomic E-state index is 13.4. The fourth-order valence-corrected chi connectivity index (χ4v) is 3.24. The molecule has 2 heterocycles. The fraction of sp³-hybridized carbons (Fsp3) is 0.174. The summed E-state index contributed by atoms with van der Waals surface area (Å²) in [5, 5.41) is 22.0. The lowest BCUT2D eigenvalue weighted by Crippen LogP contribution is -2.14. The van der Waals surface area contributed by atoms with Gasteiger partial charge in [0.15, 0.2) is 19.2 Å². The second-order valence-electron chi connectivity index (χ2n) is 7.65. The molecule has 0 aliphatic rings. The molecule has 0 fully saturated rings. The predicted molar refractivity (Wildman–Crippen MR) is 123 cm³/mol. The molecule has 0 spiro atoms. The molecular formula is C23H21FN6O5. The highest BCUT2D eigenvalue weighted by Gasteiger charge is 2.17. The monoisotopic (exact) mass is 480 g/mol.